The lowest BCUT2D eigenvalue weighted by Crippen LogP contribution is -2.28. The lowest BCUT2D eigenvalue weighted by molar-refractivity contribution is 0.529. The minimum Gasteiger partial charge on any atom is -0.314 e. The SMILES string of the molecule is CCNC(C)CC(C)Sc1nc(C)c(C)c(C)n1. The molecule has 2 unspecified atom stereocenters. The molecule has 1 aromatic heterocycles. The molecule has 0 aliphatic rings. The van der Waals surface area contributed by atoms with Crippen LogP contribution in [0.5, 0.6) is 0 Å². The van der Waals surface area contributed by atoms with Gasteiger partial charge in [0.25, 0.3) is 0 Å². The van der Waals surface area contributed by atoms with Gasteiger partial charge in [-0.1, -0.05) is 25.6 Å². The summed E-state index contributed by atoms with van der Waals surface area (Å²) in [6.45, 7) is 13.8. The standard InChI is InChI=1S/C14H25N3S/c1-7-15-9(2)8-10(3)18-14-16-12(5)11(4)13(6)17-14/h9-10,15H,7-8H2,1-6H3. The highest BCUT2D eigenvalue weighted by atomic mass is 32.2. The van der Waals surface area contributed by atoms with Crippen LogP contribution >= 0.6 is 11.8 Å². The molecule has 0 saturated heterocycles. The predicted octanol–water partition coefficient (Wildman–Crippen LogP) is 3.27. The van der Waals surface area contributed by atoms with E-state index in [-0.39, 0.29) is 0 Å². The Kier molecular flexibility index (Phi) is 6.09. The van der Waals surface area contributed by atoms with Crippen LogP contribution in [0.4, 0.5) is 0 Å². The van der Waals surface area contributed by atoms with Crippen molar-refractivity contribution in [3.8, 4) is 0 Å². The molecule has 2 atom stereocenters. The Labute approximate surface area is 115 Å². The van der Waals surface area contributed by atoms with Crippen molar-refractivity contribution in [2.45, 2.75) is 64.4 Å². The molecule has 0 saturated carbocycles. The van der Waals surface area contributed by atoms with E-state index in [4.69, 9.17) is 0 Å². The molecule has 1 N–H and O–H groups in total. The minimum atomic E-state index is 0.528. The van der Waals surface area contributed by atoms with Gasteiger partial charge in [-0.3, -0.25) is 0 Å². The molecule has 0 amide bonds. The Morgan fingerprint density at radius 3 is 2.17 bits per heavy atom. The maximum Gasteiger partial charge on any atom is 0.188 e. The number of nitrogens with one attached hydrogen (secondary N) is 1. The van der Waals surface area contributed by atoms with Crippen molar-refractivity contribution in [1.29, 1.82) is 0 Å². The second-order valence-electron chi connectivity index (χ2n) is 4.92. The third kappa shape index (κ3) is 4.58. The van der Waals surface area contributed by atoms with E-state index in [1.165, 1.54) is 5.56 Å². The number of aryl methyl sites for hydroxylation is 2. The molecule has 1 aromatic rings. The molecule has 4 heteroatoms. The first-order chi connectivity index (χ1) is 8.43. The maximum atomic E-state index is 4.56. The number of rotatable bonds is 6. The highest BCUT2D eigenvalue weighted by Crippen LogP contribution is 2.24. The number of hydrogen-bond donors (Lipinski definition) is 1. The van der Waals surface area contributed by atoms with Crippen molar-refractivity contribution < 1.29 is 0 Å². The largest absolute Gasteiger partial charge is 0.314 e. The molecular formula is C14H25N3S. The Bertz CT molecular complexity index is 370. The number of hydrogen-bond acceptors (Lipinski definition) is 4. The van der Waals surface area contributed by atoms with E-state index in [2.05, 4.69) is 56.8 Å². The van der Waals surface area contributed by atoms with E-state index in [1.54, 1.807) is 11.8 Å². The first kappa shape index (κ1) is 15.4. The topological polar surface area (TPSA) is 37.8 Å². The van der Waals surface area contributed by atoms with Gasteiger partial charge in [-0.2, -0.15) is 0 Å². The molecule has 0 aliphatic heterocycles. The third-order valence-corrected chi connectivity index (χ3v) is 4.14. The zero-order chi connectivity index (χ0) is 13.7. The normalized spacial score (nSPS) is 14.6. The van der Waals surface area contributed by atoms with Gasteiger partial charge >= 0.3 is 0 Å². The van der Waals surface area contributed by atoms with E-state index in [0.29, 0.717) is 11.3 Å². The van der Waals surface area contributed by atoms with E-state index >= 15 is 0 Å². The zero-order valence-corrected chi connectivity index (χ0v) is 13.2. The first-order valence-electron chi connectivity index (χ1n) is 6.65. The van der Waals surface area contributed by atoms with E-state index in [9.17, 15) is 0 Å². The second-order valence-corrected chi connectivity index (χ2v) is 6.33. The van der Waals surface area contributed by atoms with Gasteiger partial charge in [0.2, 0.25) is 0 Å². The Hall–Kier alpha value is -0.610. The van der Waals surface area contributed by atoms with Crippen molar-refractivity contribution in [3.63, 3.8) is 0 Å². The monoisotopic (exact) mass is 267 g/mol. The van der Waals surface area contributed by atoms with Crippen molar-refractivity contribution in [3.05, 3.63) is 17.0 Å². The highest BCUT2D eigenvalue weighted by molar-refractivity contribution is 7.99. The van der Waals surface area contributed by atoms with Crippen LogP contribution in [0.15, 0.2) is 5.16 Å². The van der Waals surface area contributed by atoms with Crippen LogP contribution < -0.4 is 5.32 Å². The van der Waals surface area contributed by atoms with E-state index in [0.717, 1.165) is 29.5 Å². The average Bonchev–Trinajstić information content (AvgIpc) is 2.25. The van der Waals surface area contributed by atoms with Crippen LogP contribution in [0.25, 0.3) is 0 Å². The Morgan fingerprint density at radius 2 is 1.67 bits per heavy atom. The van der Waals surface area contributed by atoms with Crippen molar-refractivity contribution >= 4 is 11.8 Å². The first-order valence-corrected chi connectivity index (χ1v) is 7.53. The fraction of sp³-hybridized carbons (Fsp3) is 0.714. The maximum absolute atomic E-state index is 4.56. The molecule has 0 aliphatic carbocycles. The summed E-state index contributed by atoms with van der Waals surface area (Å²) < 4.78 is 0. The Morgan fingerprint density at radius 1 is 1.11 bits per heavy atom. The zero-order valence-electron chi connectivity index (χ0n) is 12.4. The van der Waals surface area contributed by atoms with Gasteiger partial charge in [0.1, 0.15) is 0 Å². The van der Waals surface area contributed by atoms with Crippen LogP contribution in [0.2, 0.25) is 0 Å². The summed E-state index contributed by atoms with van der Waals surface area (Å²) in [5.41, 5.74) is 3.39. The van der Waals surface area contributed by atoms with Gasteiger partial charge in [0.15, 0.2) is 5.16 Å². The molecule has 0 radical (unpaired) electrons. The van der Waals surface area contributed by atoms with Crippen LogP contribution in [0.1, 0.15) is 44.1 Å². The second kappa shape index (κ2) is 7.10. The van der Waals surface area contributed by atoms with E-state index in [1.807, 2.05) is 0 Å². The summed E-state index contributed by atoms with van der Waals surface area (Å²) in [6.07, 6.45) is 1.13. The fourth-order valence-corrected chi connectivity index (χ4v) is 3.08. The molecule has 3 nitrogen and oxygen atoms in total. The molecule has 0 fully saturated rings. The van der Waals surface area contributed by atoms with Crippen LogP contribution in [0.3, 0.4) is 0 Å². The number of thioether (sulfide) groups is 1. The molecule has 102 valence electrons. The number of aromatic nitrogens is 2. The fourth-order valence-electron chi connectivity index (χ4n) is 1.95. The van der Waals surface area contributed by atoms with Crippen LogP contribution in [-0.2, 0) is 0 Å². The van der Waals surface area contributed by atoms with E-state index < -0.39 is 0 Å². The van der Waals surface area contributed by atoms with Crippen molar-refractivity contribution in [2.24, 2.45) is 0 Å². The van der Waals surface area contributed by atoms with Gasteiger partial charge in [-0.25, -0.2) is 9.97 Å². The summed E-state index contributed by atoms with van der Waals surface area (Å²) in [6, 6.07) is 0.546. The molecule has 1 rings (SSSR count). The molecule has 0 spiro atoms. The predicted molar refractivity (Wildman–Crippen MR) is 79.3 cm³/mol. The molecule has 0 aromatic carbocycles. The smallest absolute Gasteiger partial charge is 0.188 e. The van der Waals surface area contributed by atoms with Crippen molar-refractivity contribution in [2.75, 3.05) is 6.54 Å². The number of nitrogens with zero attached hydrogens (tertiary/aromatic N) is 2. The van der Waals surface area contributed by atoms with Crippen molar-refractivity contribution in [1.82, 2.24) is 15.3 Å². The quantitative estimate of drug-likeness (QED) is 0.634. The summed E-state index contributed by atoms with van der Waals surface area (Å²) in [7, 11) is 0. The average molecular weight is 267 g/mol. The van der Waals surface area contributed by atoms with Crippen LogP contribution in [-0.4, -0.2) is 27.8 Å². The van der Waals surface area contributed by atoms with Gasteiger partial charge in [0, 0.05) is 22.7 Å². The van der Waals surface area contributed by atoms with Gasteiger partial charge < -0.3 is 5.32 Å². The molecular weight excluding hydrogens is 242 g/mol. The van der Waals surface area contributed by atoms with Gasteiger partial charge in [-0.15, -0.1) is 0 Å². The summed E-state index contributed by atoms with van der Waals surface area (Å²) in [4.78, 5) is 9.12. The van der Waals surface area contributed by atoms with Gasteiger partial charge in [0.05, 0.1) is 0 Å². The lowest BCUT2D eigenvalue weighted by atomic mass is 10.2. The summed E-state index contributed by atoms with van der Waals surface area (Å²) in [5, 5.41) is 4.88. The summed E-state index contributed by atoms with van der Waals surface area (Å²) >= 11 is 1.77. The molecule has 0 bridgehead atoms. The van der Waals surface area contributed by atoms with Crippen LogP contribution in [0, 0.1) is 20.8 Å². The Balaban J connectivity index is 2.62. The lowest BCUT2D eigenvalue weighted by Gasteiger charge is -2.17. The molecule has 18 heavy (non-hydrogen) atoms. The third-order valence-electron chi connectivity index (χ3n) is 3.16. The molecule has 1 heterocycles. The minimum absolute atomic E-state index is 0.528. The highest BCUT2D eigenvalue weighted by Gasteiger charge is 2.12. The van der Waals surface area contributed by atoms with Gasteiger partial charge in [-0.05, 0) is 46.2 Å². The summed E-state index contributed by atoms with van der Waals surface area (Å²) in [5.74, 6) is 0.